The molecule has 3 heterocycles. The monoisotopic (exact) mass is 2230 g/mol. The van der Waals surface area contributed by atoms with Crippen LogP contribution >= 0.6 is 55.1 Å². The number of ketones is 1. The maximum atomic E-state index is 13.3. The Morgan fingerprint density at radius 3 is 1.06 bits per heavy atom. The van der Waals surface area contributed by atoms with Crippen LogP contribution in [0.5, 0.6) is 11.5 Å². The fraction of sp³-hybridized carbons (Fsp3) is 0.411. The minimum Gasteiger partial charge on any atom is -1.00 e. The van der Waals surface area contributed by atoms with Gasteiger partial charge in [-0.05, 0) is 272 Å². The van der Waals surface area contributed by atoms with Gasteiger partial charge in [0.05, 0.1) is 47.4 Å². The topological polar surface area (TPSA) is 167 Å². The number of carbonyl (C=O) groups is 4. The molecule has 2 N–H and O–H groups in total. The van der Waals surface area contributed by atoms with Crippen molar-refractivity contribution in [3.8, 4) is 17.6 Å². The average Bonchev–Trinajstić information content (AvgIpc) is 0.754. The van der Waals surface area contributed by atoms with Crippen molar-refractivity contribution in [3.63, 3.8) is 0 Å². The Hall–Kier alpha value is -9.21. The van der Waals surface area contributed by atoms with Crippen molar-refractivity contribution in [1.82, 2.24) is 14.7 Å². The molecule has 3 saturated heterocycles. The molecule has 6 atom stereocenters. The van der Waals surface area contributed by atoms with Gasteiger partial charge in [0.25, 0.3) is 0 Å². The maximum absolute atomic E-state index is 13.3. The number of benzene rings is 10. The van der Waals surface area contributed by atoms with E-state index in [0.29, 0.717) is 45.2 Å². The van der Waals surface area contributed by atoms with Crippen LogP contribution in [0.4, 0.5) is 0 Å². The van der Waals surface area contributed by atoms with Gasteiger partial charge in [-0.1, -0.05) is 318 Å². The summed E-state index contributed by atoms with van der Waals surface area (Å²) >= 11 is 10.4. The molecule has 0 bridgehead atoms. The van der Waals surface area contributed by atoms with Gasteiger partial charge in [-0.15, -0.1) is 6.58 Å². The predicted molar refractivity (Wildman–Crippen MR) is 600 cm³/mol. The zero-order chi connectivity index (χ0) is 103. The molecule has 3 aliphatic heterocycles. The van der Waals surface area contributed by atoms with Crippen molar-refractivity contribution < 1.29 is 63.2 Å². The Balaban J connectivity index is 0.000000220. The van der Waals surface area contributed by atoms with Gasteiger partial charge in [-0.25, -0.2) is 0 Å². The molecule has 0 aromatic heterocycles. The number of halogens is 4. The summed E-state index contributed by atoms with van der Waals surface area (Å²) in [5.74, 6) is 1.24. The molecule has 142 heavy (non-hydrogen) atoms. The molecule has 18 heteroatoms. The van der Waals surface area contributed by atoms with Crippen molar-refractivity contribution in [1.29, 1.82) is 5.26 Å². The van der Waals surface area contributed by atoms with Crippen LogP contribution in [0.1, 0.15) is 309 Å². The van der Waals surface area contributed by atoms with E-state index in [1.165, 1.54) is 32.6 Å². The number of likely N-dealkylation sites (tertiary alicyclic amines) is 3. The second kappa shape index (κ2) is 49.8. The summed E-state index contributed by atoms with van der Waals surface area (Å²) < 4.78 is 3.13. The quantitative estimate of drug-likeness (QED) is 0.0365. The van der Waals surface area contributed by atoms with Gasteiger partial charge in [0.15, 0.2) is 0 Å². The van der Waals surface area contributed by atoms with E-state index in [2.05, 4.69) is 375 Å². The van der Waals surface area contributed by atoms with Gasteiger partial charge in [0.2, 0.25) is 17.7 Å². The first-order chi connectivity index (χ1) is 65.6. The third-order valence-corrected chi connectivity index (χ3v) is 34.6. The predicted octanol–water partition coefficient (Wildman–Crippen LogP) is 27.4. The summed E-state index contributed by atoms with van der Waals surface area (Å²) in [7, 11) is -1.53. The molecule has 14 rings (SSSR count). The van der Waals surface area contributed by atoms with E-state index in [0.717, 1.165) is 114 Å². The SMILES string of the molecule is C=C(C)C[C@]1(C2=CCCC=C2)CCN([C@@H](C)c2ccc(Br)cc2)C(=O)C1.CC(=O)C[C@]1(c2ccccc2)CCN([C@@H](C)c2ccc(Br)cc2)C(=O)C1.CC(C)(C)c1cc(C=NC(C)(C)C(C)(C)N=Cc2cc(C(C)(C)C)cc(C(C)(C)C)c2O)c(O)c(C(C)(C)C)c1.C[C@@H](c1ccc(Br)cc1)N1CC[C@](CC(C)(C)C#N)(c2ccccc2)CC1=O.C[P+](c1ccccc1)(c1ccccc1)c1ccccc1.[Br-].[Co]. The fourth-order valence-corrected chi connectivity index (χ4v) is 23.8. The molecule has 10 aromatic rings. The molecule has 10 aromatic carbocycles. The van der Waals surface area contributed by atoms with Gasteiger partial charge in [0, 0.05) is 126 Å². The number of Topliss-reactive ketones (excluding diaryl/α,β-unsaturated/α-hetero) is 1. The van der Waals surface area contributed by atoms with Gasteiger partial charge in [-0.2, -0.15) is 5.26 Å². The van der Waals surface area contributed by atoms with E-state index >= 15 is 0 Å². The van der Waals surface area contributed by atoms with E-state index in [4.69, 9.17) is 9.98 Å². The Morgan fingerprint density at radius 2 is 0.768 bits per heavy atom. The number of amides is 3. The van der Waals surface area contributed by atoms with Crippen LogP contribution in [0.15, 0.2) is 308 Å². The molecule has 4 aliphatic rings. The number of piperidine rings is 3. The standard InChI is InChI=1S/C36H56N2O2.C24H27BrN2O.C23H28BrNO.C22H24BrNO2.C19H18P.BrH.Co/c1-31(2,3)25-17-23(29(39)27(19-25)33(7,8)9)21-37-35(13,14)36(15,16)38-22-24-18-26(32(4,5)6)20-28(30(24)40)34(10,11)12;1-18(19-9-11-21(25)12-10-19)27-14-13-24(15-22(27)28,16-23(2,3)17-26)20-7-5-4-6-8-20;1-17(2)15-23(20-7-5-4-6-8-20)13-14-25(22(26)16-23)18(3)19-9-11-21(24)12-10-19;1-16(25)14-22(19-6-4-3-5-7-19)12-13-24(21(26)15-22)17(2)18-8-10-20(23)11-9-18;1-20(17-11-5-2-6-12-17,18-13-7-3-8-14-18)19-15-9-4-10-16-19;;/h17-22,39-40H,1-16H3;4-12,18H,13-16H2,1-3H3;5,7-12,18H,1,4,6,13-16H2,2-3H3;3-11,17H,12-15H2,1-2H3;2-16H,1H3;1H;/q;;;;+1;;/p-1/t;18-,24-;18-,23+;17-,22+;;;/m.000.../s1. The molecule has 0 saturated carbocycles. The van der Waals surface area contributed by atoms with Gasteiger partial charge >= 0.3 is 0 Å². The van der Waals surface area contributed by atoms with Crippen LogP contribution in [0.3, 0.4) is 0 Å². The molecule has 1 aliphatic carbocycles. The van der Waals surface area contributed by atoms with Crippen LogP contribution in [-0.4, -0.2) is 98.2 Å². The Labute approximate surface area is 897 Å². The van der Waals surface area contributed by atoms with E-state index in [-0.39, 0.29) is 125 Å². The smallest absolute Gasteiger partial charge is 0.223 e. The van der Waals surface area contributed by atoms with Crippen LogP contribution in [0, 0.1) is 22.2 Å². The second-order valence-electron chi connectivity index (χ2n) is 45.2. The Bertz CT molecular complexity index is 5880. The summed E-state index contributed by atoms with van der Waals surface area (Å²) in [6, 6.07) is 88.5. The minimum atomic E-state index is -1.53. The van der Waals surface area contributed by atoms with E-state index in [9.17, 15) is 34.7 Å². The Morgan fingerprint density at radius 1 is 0.458 bits per heavy atom. The number of aromatic hydroxyl groups is 2. The minimum absolute atomic E-state index is 0. The Kier molecular flexibility index (Phi) is 41.4. The van der Waals surface area contributed by atoms with E-state index in [1.54, 1.807) is 19.4 Å². The summed E-state index contributed by atoms with van der Waals surface area (Å²) in [4.78, 5) is 67.4. The van der Waals surface area contributed by atoms with Crippen LogP contribution in [0.25, 0.3) is 0 Å². The van der Waals surface area contributed by atoms with Gasteiger partial charge in [-0.3, -0.25) is 29.2 Å². The number of aliphatic imine (C=N–C) groups is 2. The van der Waals surface area contributed by atoms with Crippen molar-refractivity contribution in [2.75, 3.05) is 26.3 Å². The number of nitriles is 1. The number of carbonyl (C=O) groups excluding carboxylic acids is 4. The van der Waals surface area contributed by atoms with Crippen LogP contribution in [-0.2, 0) is 68.4 Å². The summed E-state index contributed by atoms with van der Waals surface area (Å²) in [5, 5.41) is 36.4. The third kappa shape index (κ3) is 30.3. The van der Waals surface area contributed by atoms with Crippen LogP contribution < -0.4 is 32.9 Å². The fourth-order valence-electron chi connectivity index (χ4n) is 19.8. The molecule has 3 fully saturated rings. The first kappa shape index (κ1) is 118. The molecule has 0 spiro atoms. The first-order valence-corrected chi connectivity index (χ1v) is 54.3. The van der Waals surface area contributed by atoms with E-state index in [1.807, 2.05) is 126 Å². The molecule has 757 valence electrons. The van der Waals surface area contributed by atoms with E-state index < -0.39 is 23.8 Å². The maximum Gasteiger partial charge on any atom is 0.223 e. The first-order valence-electron chi connectivity index (χ1n) is 49.7. The molecule has 12 nitrogen and oxygen atoms in total. The van der Waals surface area contributed by atoms with Crippen molar-refractivity contribution in [3.05, 3.63) is 359 Å². The van der Waals surface area contributed by atoms with Crippen molar-refractivity contribution in [2.24, 2.45) is 20.8 Å². The zero-order valence-electron chi connectivity index (χ0n) is 88.4. The zero-order valence-corrected chi connectivity index (χ0v) is 96.7. The number of phenols is 2. The van der Waals surface area contributed by atoms with Gasteiger partial charge < -0.3 is 41.9 Å². The summed E-state index contributed by atoms with van der Waals surface area (Å²) in [5.41, 5.74) is 10.9. The number of hydrogen-bond donors (Lipinski definition) is 2. The third-order valence-electron chi connectivity index (χ3n) is 29.1. The largest absolute Gasteiger partial charge is 1.00 e. The normalized spacial score (nSPS) is 18.3. The molecular weight excluding hydrogens is 2080 g/mol. The van der Waals surface area contributed by atoms with Crippen LogP contribution in [0.2, 0.25) is 0 Å². The number of rotatable bonds is 23. The second-order valence-corrected chi connectivity index (χ2v) is 51.5. The molecule has 0 unspecified atom stereocenters. The molecular formula is C124H153Br4CoN6O6P. The number of allylic oxidation sites excluding steroid dienone is 5. The molecule has 3 amide bonds. The summed E-state index contributed by atoms with van der Waals surface area (Å²) in [6.45, 7) is 56.7. The molecule has 1 radical (unpaired) electrons. The summed E-state index contributed by atoms with van der Waals surface area (Å²) in [6.07, 6.45) is 18.7. The van der Waals surface area contributed by atoms with Gasteiger partial charge in [0.1, 0.15) is 40.5 Å². The average molecular weight is 2230 g/mol. The van der Waals surface area contributed by atoms with Crippen molar-refractivity contribution in [2.45, 2.75) is 292 Å². The number of nitrogens with zero attached hydrogens (tertiary/aromatic N) is 6. The number of phenolic OH excluding ortho intramolecular Hbond substituents is 2. The van der Waals surface area contributed by atoms with Crippen molar-refractivity contribution >= 4 is 107 Å². The number of hydrogen-bond acceptors (Lipinski definition) is 9.